The predicted molar refractivity (Wildman–Crippen MR) is 74.5 cm³/mol. The molecule has 1 aromatic rings. The van der Waals surface area contributed by atoms with Crippen LogP contribution in [0.4, 0.5) is 5.69 Å². The third-order valence-corrected chi connectivity index (χ3v) is 3.12. The highest BCUT2D eigenvalue weighted by atomic mass is 15.1. The van der Waals surface area contributed by atoms with Crippen LogP contribution in [0.3, 0.4) is 0 Å². The number of pyridine rings is 1. The Kier molecular flexibility index (Phi) is 5.98. The molecule has 0 aliphatic rings. The normalized spacial score (nSPS) is 12.5. The predicted octanol–water partition coefficient (Wildman–Crippen LogP) is 2.99. The molecule has 96 valence electrons. The van der Waals surface area contributed by atoms with E-state index in [4.69, 9.17) is 0 Å². The molecule has 0 amide bonds. The largest absolute Gasteiger partial charge is 0.371 e. The molecule has 3 nitrogen and oxygen atoms in total. The average Bonchev–Trinajstić information content (AvgIpc) is 2.38. The van der Waals surface area contributed by atoms with Crippen molar-refractivity contribution in [3.05, 3.63) is 24.0 Å². The quantitative estimate of drug-likeness (QED) is 0.787. The zero-order valence-corrected chi connectivity index (χ0v) is 11.5. The highest BCUT2D eigenvalue weighted by Gasteiger charge is 2.09. The molecule has 0 radical (unpaired) electrons. The first-order valence-electron chi connectivity index (χ1n) is 6.64. The molecule has 1 heterocycles. The lowest BCUT2D eigenvalue weighted by atomic mass is 10.1. The first kappa shape index (κ1) is 14.0. The van der Waals surface area contributed by atoms with Gasteiger partial charge in [0.15, 0.2) is 0 Å². The van der Waals surface area contributed by atoms with Crippen molar-refractivity contribution in [2.75, 3.05) is 25.0 Å². The third-order valence-electron chi connectivity index (χ3n) is 3.12. The lowest BCUT2D eigenvalue weighted by Crippen LogP contribution is -2.24. The summed E-state index contributed by atoms with van der Waals surface area (Å²) >= 11 is 0. The Morgan fingerprint density at radius 2 is 2.06 bits per heavy atom. The Balaban J connectivity index is 2.78. The number of rotatable bonds is 7. The van der Waals surface area contributed by atoms with Crippen molar-refractivity contribution in [2.45, 2.75) is 39.7 Å². The molecule has 3 heteroatoms. The van der Waals surface area contributed by atoms with Gasteiger partial charge < -0.3 is 10.2 Å². The van der Waals surface area contributed by atoms with Crippen LogP contribution in [0.15, 0.2) is 18.3 Å². The van der Waals surface area contributed by atoms with E-state index < -0.39 is 0 Å². The van der Waals surface area contributed by atoms with Gasteiger partial charge in [0.1, 0.15) is 0 Å². The van der Waals surface area contributed by atoms with Gasteiger partial charge in [-0.2, -0.15) is 0 Å². The zero-order chi connectivity index (χ0) is 12.7. The standard InChI is InChI=1S/C14H25N3/c1-5-10-17(7-3)12-8-9-14(16-11-12)13(6-2)15-4/h8-9,11,13,15H,5-7,10H2,1-4H3. The van der Waals surface area contributed by atoms with Gasteiger partial charge in [0.05, 0.1) is 17.6 Å². The van der Waals surface area contributed by atoms with Gasteiger partial charge in [0.25, 0.3) is 0 Å². The minimum Gasteiger partial charge on any atom is -0.371 e. The fourth-order valence-corrected chi connectivity index (χ4v) is 2.09. The summed E-state index contributed by atoms with van der Waals surface area (Å²) in [5, 5.41) is 3.28. The van der Waals surface area contributed by atoms with Gasteiger partial charge in [-0.25, -0.2) is 0 Å². The van der Waals surface area contributed by atoms with Crippen LogP contribution in [0, 0.1) is 0 Å². The van der Waals surface area contributed by atoms with Crippen LogP contribution >= 0.6 is 0 Å². The van der Waals surface area contributed by atoms with E-state index in [1.54, 1.807) is 0 Å². The van der Waals surface area contributed by atoms with Crippen molar-refractivity contribution in [2.24, 2.45) is 0 Å². The zero-order valence-electron chi connectivity index (χ0n) is 11.5. The third kappa shape index (κ3) is 3.70. The maximum atomic E-state index is 4.57. The molecule has 0 aliphatic heterocycles. The highest BCUT2D eigenvalue weighted by molar-refractivity contribution is 5.44. The molecule has 0 aliphatic carbocycles. The second kappa shape index (κ2) is 7.28. The van der Waals surface area contributed by atoms with Crippen molar-refractivity contribution in [1.29, 1.82) is 0 Å². The fourth-order valence-electron chi connectivity index (χ4n) is 2.09. The molecule has 1 atom stereocenters. The van der Waals surface area contributed by atoms with E-state index >= 15 is 0 Å². The smallest absolute Gasteiger partial charge is 0.0574 e. The average molecular weight is 235 g/mol. The van der Waals surface area contributed by atoms with Gasteiger partial charge >= 0.3 is 0 Å². The summed E-state index contributed by atoms with van der Waals surface area (Å²) in [6.07, 6.45) is 4.23. The van der Waals surface area contributed by atoms with Crippen LogP contribution in [0.2, 0.25) is 0 Å². The molecule has 0 saturated heterocycles. The van der Waals surface area contributed by atoms with Gasteiger partial charge in [-0.1, -0.05) is 13.8 Å². The molecule has 0 bridgehead atoms. The number of nitrogens with one attached hydrogen (secondary N) is 1. The first-order valence-corrected chi connectivity index (χ1v) is 6.64. The van der Waals surface area contributed by atoms with Gasteiger partial charge in [-0.3, -0.25) is 4.98 Å². The summed E-state index contributed by atoms with van der Waals surface area (Å²) in [6, 6.07) is 4.69. The van der Waals surface area contributed by atoms with Crippen molar-refractivity contribution in [3.8, 4) is 0 Å². The number of nitrogens with zero attached hydrogens (tertiary/aromatic N) is 2. The van der Waals surface area contributed by atoms with E-state index in [0.29, 0.717) is 6.04 Å². The van der Waals surface area contributed by atoms with Gasteiger partial charge in [0, 0.05) is 19.1 Å². The molecule has 0 saturated carbocycles. The Labute approximate surface area is 105 Å². The topological polar surface area (TPSA) is 28.2 Å². The van der Waals surface area contributed by atoms with Crippen LogP contribution < -0.4 is 10.2 Å². The van der Waals surface area contributed by atoms with Gasteiger partial charge in [-0.15, -0.1) is 0 Å². The Morgan fingerprint density at radius 3 is 2.47 bits per heavy atom. The second-order valence-electron chi connectivity index (χ2n) is 4.27. The lowest BCUT2D eigenvalue weighted by molar-refractivity contribution is 0.561. The summed E-state index contributed by atoms with van der Waals surface area (Å²) < 4.78 is 0. The van der Waals surface area contributed by atoms with Crippen molar-refractivity contribution >= 4 is 5.69 Å². The molecule has 1 unspecified atom stereocenters. The fraction of sp³-hybridized carbons (Fsp3) is 0.643. The van der Waals surface area contributed by atoms with Crippen molar-refractivity contribution in [3.63, 3.8) is 0 Å². The molecular formula is C14H25N3. The van der Waals surface area contributed by atoms with Crippen LogP contribution in [0.1, 0.15) is 45.3 Å². The summed E-state index contributed by atoms with van der Waals surface area (Å²) in [7, 11) is 1.99. The number of hydrogen-bond donors (Lipinski definition) is 1. The SMILES string of the molecule is CCCN(CC)c1ccc(C(CC)NC)nc1. The number of hydrogen-bond acceptors (Lipinski definition) is 3. The van der Waals surface area contributed by atoms with Crippen LogP contribution in [-0.2, 0) is 0 Å². The summed E-state index contributed by atoms with van der Waals surface area (Å²) in [4.78, 5) is 6.93. The summed E-state index contributed by atoms with van der Waals surface area (Å²) in [6.45, 7) is 8.70. The highest BCUT2D eigenvalue weighted by Crippen LogP contribution is 2.18. The van der Waals surface area contributed by atoms with Gasteiger partial charge in [-0.05, 0) is 38.9 Å². The van der Waals surface area contributed by atoms with E-state index in [2.05, 4.69) is 48.1 Å². The lowest BCUT2D eigenvalue weighted by Gasteiger charge is -2.22. The van der Waals surface area contributed by atoms with E-state index in [9.17, 15) is 0 Å². The number of aromatic nitrogens is 1. The number of anilines is 1. The molecule has 0 fully saturated rings. The van der Waals surface area contributed by atoms with Crippen LogP contribution in [0.5, 0.6) is 0 Å². The monoisotopic (exact) mass is 235 g/mol. The molecule has 0 spiro atoms. The molecule has 1 aromatic heterocycles. The molecule has 1 rings (SSSR count). The van der Waals surface area contributed by atoms with Crippen molar-refractivity contribution < 1.29 is 0 Å². The summed E-state index contributed by atoms with van der Waals surface area (Å²) in [5.41, 5.74) is 2.36. The molecule has 17 heavy (non-hydrogen) atoms. The first-order chi connectivity index (χ1) is 8.26. The maximum Gasteiger partial charge on any atom is 0.0574 e. The van der Waals surface area contributed by atoms with Crippen LogP contribution in [-0.4, -0.2) is 25.1 Å². The van der Waals surface area contributed by atoms with E-state index in [-0.39, 0.29) is 0 Å². The van der Waals surface area contributed by atoms with Gasteiger partial charge in [0.2, 0.25) is 0 Å². The Morgan fingerprint density at radius 1 is 1.29 bits per heavy atom. The van der Waals surface area contributed by atoms with Crippen LogP contribution in [0.25, 0.3) is 0 Å². The molecule has 0 aromatic carbocycles. The second-order valence-corrected chi connectivity index (χ2v) is 4.27. The molecular weight excluding hydrogens is 210 g/mol. The van der Waals surface area contributed by atoms with E-state index in [1.807, 2.05) is 13.2 Å². The Hall–Kier alpha value is -1.09. The summed E-state index contributed by atoms with van der Waals surface area (Å²) in [5.74, 6) is 0. The van der Waals surface area contributed by atoms with E-state index in [0.717, 1.165) is 25.2 Å². The minimum absolute atomic E-state index is 0.366. The Bertz CT molecular complexity index is 304. The van der Waals surface area contributed by atoms with E-state index in [1.165, 1.54) is 12.1 Å². The minimum atomic E-state index is 0.366. The van der Waals surface area contributed by atoms with Crippen molar-refractivity contribution in [1.82, 2.24) is 10.3 Å². The molecule has 1 N–H and O–H groups in total. The maximum absolute atomic E-state index is 4.57.